The summed E-state index contributed by atoms with van der Waals surface area (Å²) in [6, 6.07) is 6.27. The first-order chi connectivity index (χ1) is 9.08. The number of para-hydroxylation sites is 1. The van der Waals surface area contributed by atoms with Crippen molar-refractivity contribution in [2.75, 3.05) is 18.9 Å². The lowest BCUT2D eigenvalue weighted by molar-refractivity contribution is -0.119. The van der Waals surface area contributed by atoms with Crippen LogP contribution in [0.4, 0.5) is 10.1 Å². The summed E-state index contributed by atoms with van der Waals surface area (Å²) in [5.41, 5.74) is 5.54. The standard InChI is InChI=1S/C7H8FN.C6H10N2O2/c1-9-7-5-3-2-4-6(7)8;7-6(10)5-1-4(3-9)2-8-5/h2-5,9H,1H3;3-5,8H,1-2H2,(H2,7,10). The minimum absolute atomic E-state index is 0.0301. The molecular weight excluding hydrogens is 249 g/mol. The third-order valence-electron chi connectivity index (χ3n) is 2.84. The molecule has 2 rings (SSSR count). The van der Waals surface area contributed by atoms with E-state index in [1.165, 1.54) is 6.07 Å². The molecule has 0 saturated carbocycles. The molecule has 0 radical (unpaired) electrons. The number of carbonyl (C=O) groups is 2. The number of anilines is 1. The molecule has 6 heteroatoms. The molecular formula is C13H18FN3O2. The Morgan fingerprint density at radius 3 is 2.58 bits per heavy atom. The number of benzene rings is 1. The van der Waals surface area contributed by atoms with Crippen LogP contribution in [0.25, 0.3) is 0 Å². The number of aldehydes is 1. The predicted octanol–water partition coefficient (Wildman–Crippen LogP) is 0.516. The van der Waals surface area contributed by atoms with Gasteiger partial charge in [0.1, 0.15) is 12.1 Å². The quantitative estimate of drug-likeness (QED) is 0.697. The van der Waals surface area contributed by atoms with Gasteiger partial charge in [0.05, 0.1) is 11.7 Å². The van der Waals surface area contributed by atoms with Crippen molar-refractivity contribution in [3.63, 3.8) is 0 Å². The minimum Gasteiger partial charge on any atom is -0.386 e. The molecule has 104 valence electrons. The van der Waals surface area contributed by atoms with Gasteiger partial charge in [-0.15, -0.1) is 0 Å². The van der Waals surface area contributed by atoms with Crippen molar-refractivity contribution in [3.05, 3.63) is 30.1 Å². The average Bonchev–Trinajstić information content (AvgIpc) is 2.89. The molecule has 2 unspecified atom stereocenters. The summed E-state index contributed by atoms with van der Waals surface area (Å²) >= 11 is 0. The summed E-state index contributed by atoms with van der Waals surface area (Å²) < 4.78 is 12.5. The summed E-state index contributed by atoms with van der Waals surface area (Å²) in [4.78, 5) is 20.7. The third kappa shape index (κ3) is 4.67. The Morgan fingerprint density at radius 2 is 2.21 bits per heavy atom. The van der Waals surface area contributed by atoms with Gasteiger partial charge in [0.25, 0.3) is 0 Å². The second kappa shape index (κ2) is 7.48. The summed E-state index contributed by atoms with van der Waals surface area (Å²) in [5.74, 6) is -0.609. The van der Waals surface area contributed by atoms with Crippen molar-refractivity contribution in [2.45, 2.75) is 12.5 Å². The van der Waals surface area contributed by atoms with Crippen molar-refractivity contribution < 1.29 is 14.0 Å². The SMILES string of the molecule is CNc1ccccc1F.NC(=O)C1CC(C=O)CN1. The van der Waals surface area contributed by atoms with E-state index < -0.39 is 0 Å². The minimum atomic E-state index is -0.371. The van der Waals surface area contributed by atoms with E-state index in [4.69, 9.17) is 5.73 Å². The van der Waals surface area contributed by atoms with Crippen LogP contribution in [0, 0.1) is 11.7 Å². The predicted molar refractivity (Wildman–Crippen MR) is 71.1 cm³/mol. The molecule has 1 fully saturated rings. The number of nitrogens with two attached hydrogens (primary N) is 1. The second-order valence-electron chi connectivity index (χ2n) is 4.22. The van der Waals surface area contributed by atoms with E-state index in [0.29, 0.717) is 18.7 Å². The van der Waals surface area contributed by atoms with Crippen LogP contribution >= 0.6 is 0 Å². The number of carbonyl (C=O) groups excluding carboxylic acids is 2. The highest BCUT2D eigenvalue weighted by Crippen LogP contribution is 2.10. The molecule has 1 saturated heterocycles. The van der Waals surface area contributed by atoms with Crippen LogP contribution < -0.4 is 16.4 Å². The Bertz CT molecular complexity index is 440. The molecule has 5 nitrogen and oxygen atoms in total. The van der Waals surface area contributed by atoms with E-state index in [1.807, 2.05) is 0 Å². The van der Waals surface area contributed by atoms with Gasteiger partial charge in [0, 0.05) is 19.5 Å². The highest BCUT2D eigenvalue weighted by Gasteiger charge is 2.26. The first-order valence-electron chi connectivity index (χ1n) is 5.98. The van der Waals surface area contributed by atoms with Gasteiger partial charge in [-0.05, 0) is 18.6 Å². The molecule has 4 N–H and O–H groups in total. The number of primary amides is 1. The number of hydrogen-bond acceptors (Lipinski definition) is 4. The van der Waals surface area contributed by atoms with Gasteiger partial charge in [0.15, 0.2) is 0 Å². The Balaban J connectivity index is 0.000000191. The lowest BCUT2D eigenvalue weighted by Gasteiger charge is -2.01. The number of halogens is 1. The molecule has 19 heavy (non-hydrogen) atoms. The lowest BCUT2D eigenvalue weighted by atomic mass is 10.1. The van der Waals surface area contributed by atoms with Crippen molar-refractivity contribution in [2.24, 2.45) is 11.7 Å². The van der Waals surface area contributed by atoms with Crippen LogP contribution in [0.5, 0.6) is 0 Å². The first-order valence-corrected chi connectivity index (χ1v) is 5.98. The van der Waals surface area contributed by atoms with E-state index >= 15 is 0 Å². The zero-order valence-electron chi connectivity index (χ0n) is 10.7. The second-order valence-corrected chi connectivity index (χ2v) is 4.22. The summed E-state index contributed by atoms with van der Waals surface area (Å²) in [7, 11) is 1.69. The number of hydrogen-bond donors (Lipinski definition) is 3. The van der Waals surface area contributed by atoms with Gasteiger partial charge < -0.3 is 21.2 Å². The lowest BCUT2D eigenvalue weighted by Crippen LogP contribution is -2.36. The van der Waals surface area contributed by atoms with Crippen LogP contribution in [0.1, 0.15) is 6.42 Å². The molecule has 1 aliphatic heterocycles. The zero-order valence-corrected chi connectivity index (χ0v) is 10.7. The molecule has 1 aromatic carbocycles. The van der Waals surface area contributed by atoms with Crippen LogP contribution in [-0.2, 0) is 9.59 Å². The molecule has 0 bridgehead atoms. The van der Waals surface area contributed by atoms with Crippen molar-refractivity contribution >= 4 is 17.9 Å². The monoisotopic (exact) mass is 267 g/mol. The maximum Gasteiger partial charge on any atom is 0.234 e. The van der Waals surface area contributed by atoms with Gasteiger partial charge in [-0.3, -0.25) is 4.79 Å². The molecule has 1 amide bonds. The Kier molecular flexibility index (Phi) is 5.95. The van der Waals surface area contributed by atoms with Crippen molar-refractivity contribution in [1.82, 2.24) is 5.32 Å². The smallest absolute Gasteiger partial charge is 0.234 e. The van der Waals surface area contributed by atoms with Gasteiger partial charge in [-0.1, -0.05) is 12.1 Å². The third-order valence-corrected chi connectivity index (χ3v) is 2.84. The molecule has 1 aromatic rings. The van der Waals surface area contributed by atoms with Crippen LogP contribution in [0.15, 0.2) is 24.3 Å². The van der Waals surface area contributed by atoms with Gasteiger partial charge in [-0.2, -0.15) is 0 Å². The molecule has 0 spiro atoms. The molecule has 2 atom stereocenters. The Labute approximate surface area is 111 Å². The highest BCUT2D eigenvalue weighted by molar-refractivity contribution is 5.81. The van der Waals surface area contributed by atoms with E-state index in [9.17, 15) is 14.0 Å². The largest absolute Gasteiger partial charge is 0.386 e. The summed E-state index contributed by atoms with van der Waals surface area (Å²) in [6.45, 7) is 0.580. The fourth-order valence-corrected chi connectivity index (χ4v) is 1.75. The maximum absolute atomic E-state index is 12.5. The molecule has 0 aliphatic carbocycles. The fourth-order valence-electron chi connectivity index (χ4n) is 1.75. The van der Waals surface area contributed by atoms with E-state index in [1.54, 1.807) is 25.2 Å². The van der Waals surface area contributed by atoms with E-state index in [2.05, 4.69) is 10.6 Å². The number of nitrogens with one attached hydrogen (secondary N) is 2. The highest BCUT2D eigenvalue weighted by atomic mass is 19.1. The summed E-state index contributed by atoms with van der Waals surface area (Å²) in [5, 5.41) is 5.57. The Morgan fingerprint density at radius 1 is 1.53 bits per heavy atom. The Hall–Kier alpha value is -1.95. The average molecular weight is 267 g/mol. The summed E-state index contributed by atoms with van der Waals surface area (Å²) in [6.07, 6.45) is 1.41. The fraction of sp³-hybridized carbons (Fsp3) is 0.385. The topological polar surface area (TPSA) is 84.2 Å². The first kappa shape index (κ1) is 15.1. The van der Waals surface area contributed by atoms with Crippen LogP contribution in [-0.4, -0.2) is 31.8 Å². The van der Waals surface area contributed by atoms with Crippen LogP contribution in [0.3, 0.4) is 0 Å². The van der Waals surface area contributed by atoms with Crippen molar-refractivity contribution in [3.8, 4) is 0 Å². The van der Waals surface area contributed by atoms with Crippen molar-refractivity contribution in [1.29, 1.82) is 0 Å². The number of amides is 1. The van der Waals surface area contributed by atoms with E-state index in [-0.39, 0.29) is 23.7 Å². The van der Waals surface area contributed by atoms with Gasteiger partial charge in [0.2, 0.25) is 5.91 Å². The maximum atomic E-state index is 12.5. The van der Waals surface area contributed by atoms with Gasteiger partial charge in [-0.25, -0.2) is 4.39 Å². The van der Waals surface area contributed by atoms with E-state index in [0.717, 1.165) is 6.29 Å². The van der Waals surface area contributed by atoms with Crippen LogP contribution in [0.2, 0.25) is 0 Å². The van der Waals surface area contributed by atoms with Gasteiger partial charge >= 0.3 is 0 Å². The normalized spacial score (nSPS) is 21.2. The molecule has 1 aliphatic rings. The number of rotatable bonds is 3. The molecule has 0 aromatic heterocycles. The molecule has 1 heterocycles. The zero-order chi connectivity index (χ0) is 14.3.